The zero-order chi connectivity index (χ0) is 14.8. The normalized spacial score (nSPS) is 14.2. The highest BCUT2D eigenvalue weighted by molar-refractivity contribution is 9.10. The van der Waals surface area contributed by atoms with Crippen molar-refractivity contribution in [1.29, 1.82) is 0 Å². The summed E-state index contributed by atoms with van der Waals surface area (Å²) in [6.45, 7) is 0.759. The fourth-order valence-corrected chi connectivity index (χ4v) is 2.68. The third-order valence-corrected chi connectivity index (χ3v) is 4.06. The molecule has 0 aliphatic heterocycles. The molecule has 5 heteroatoms. The van der Waals surface area contributed by atoms with Crippen LogP contribution in [0.3, 0.4) is 0 Å². The number of nitrogens with one attached hydrogen (secondary N) is 1. The van der Waals surface area contributed by atoms with E-state index in [2.05, 4.69) is 21.2 Å². The Labute approximate surface area is 136 Å². The highest BCUT2D eigenvalue weighted by Crippen LogP contribution is 2.29. The summed E-state index contributed by atoms with van der Waals surface area (Å²) in [6.07, 6.45) is 2.49. The Hall–Kier alpha value is -1.10. The maximum Gasteiger partial charge on any atom is 0.131 e. The summed E-state index contributed by atoms with van der Waals surface area (Å²) < 4.78 is 19.6. The van der Waals surface area contributed by atoms with Crippen LogP contribution in [0.15, 0.2) is 40.9 Å². The van der Waals surface area contributed by atoms with Crippen molar-refractivity contribution in [3.8, 4) is 11.5 Å². The molecule has 110 valence electrons. The molecule has 1 aliphatic carbocycles. The molecule has 0 atom stereocenters. The predicted molar refractivity (Wildman–Crippen MR) is 85.5 cm³/mol. The van der Waals surface area contributed by atoms with Crippen LogP contribution in [0, 0.1) is 5.82 Å². The molecule has 3 rings (SSSR count). The Kier molecular flexibility index (Phi) is 4.48. The molecule has 1 fully saturated rings. The van der Waals surface area contributed by atoms with Gasteiger partial charge >= 0.3 is 0 Å². The first-order valence-corrected chi connectivity index (χ1v) is 7.93. The summed E-state index contributed by atoms with van der Waals surface area (Å²) in [5.74, 6) is 0.671. The molecule has 0 aromatic heterocycles. The lowest BCUT2D eigenvalue weighted by Crippen LogP contribution is -2.15. The van der Waals surface area contributed by atoms with E-state index in [1.165, 1.54) is 25.0 Å². The van der Waals surface area contributed by atoms with Gasteiger partial charge in [-0.2, -0.15) is 0 Å². The fraction of sp³-hybridized carbons (Fsp3) is 0.250. The van der Waals surface area contributed by atoms with Crippen molar-refractivity contribution in [1.82, 2.24) is 5.32 Å². The van der Waals surface area contributed by atoms with E-state index in [9.17, 15) is 4.39 Å². The van der Waals surface area contributed by atoms with E-state index in [1.54, 1.807) is 12.1 Å². The van der Waals surface area contributed by atoms with E-state index in [-0.39, 0.29) is 5.82 Å². The molecular weight excluding hydrogens is 357 g/mol. The molecule has 2 nitrogen and oxygen atoms in total. The van der Waals surface area contributed by atoms with Gasteiger partial charge in [0.2, 0.25) is 0 Å². The molecule has 0 unspecified atom stereocenters. The molecule has 1 saturated carbocycles. The molecular formula is C16H14BrClFNO. The molecule has 0 bridgehead atoms. The topological polar surface area (TPSA) is 21.3 Å². The Morgan fingerprint density at radius 3 is 2.67 bits per heavy atom. The van der Waals surface area contributed by atoms with E-state index in [0.717, 1.165) is 12.1 Å². The van der Waals surface area contributed by atoms with Gasteiger partial charge in [-0.25, -0.2) is 4.39 Å². The average Bonchev–Trinajstić information content (AvgIpc) is 3.20. The van der Waals surface area contributed by atoms with Gasteiger partial charge in [0.05, 0.1) is 0 Å². The number of hydrogen-bond acceptors (Lipinski definition) is 2. The van der Waals surface area contributed by atoms with Gasteiger partial charge in [-0.3, -0.25) is 0 Å². The quantitative estimate of drug-likeness (QED) is 0.772. The summed E-state index contributed by atoms with van der Waals surface area (Å²) >= 11 is 9.50. The number of ether oxygens (including phenoxy) is 1. The van der Waals surface area contributed by atoms with Crippen LogP contribution in [0.1, 0.15) is 18.4 Å². The van der Waals surface area contributed by atoms with Gasteiger partial charge in [0.15, 0.2) is 0 Å². The van der Waals surface area contributed by atoms with Crippen molar-refractivity contribution in [2.24, 2.45) is 0 Å². The van der Waals surface area contributed by atoms with Gasteiger partial charge in [-0.15, -0.1) is 0 Å². The second-order valence-electron chi connectivity index (χ2n) is 5.12. The van der Waals surface area contributed by atoms with E-state index >= 15 is 0 Å². The monoisotopic (exact) mass is 369 g/mol. The van der Waals surface area contributed by atoms with Crippen LogP contribution in [-0.4, -0.2) is 6.04 Å². The Balaban J connectivity index is 1.71. The van der Waals surface area contributed by atoms with Crippen molar-refractivity contribution in [3.63, 3.8) is 0 Å². The predicted octanol–water partition coefficient (Wildman–Crippen LogP) is 5.29. The first-order valence-electron chi connectivity index (χ1n) is 6.76. The molecule has 0 amide bonds. The lowest BCUT2D eigenvalue weighted by molar-refractivity contribution is 0.476. The largest absolute Gasteiger partial charge is 0.457 e. The standard InChI is InChI=1S/C16H14BrClFNO/c17-11-5-12(19)7-15(6-11)21-14-4-1-10(16(18)8-14)9-20-13-2-3-13/h1,4-8,13,20H,2-3,9H2. The van der Waals surface area contributed by atoms with Crippen molar-refractivity contribution in [3.05, 3.63) is 57.3 Å². The van der Waals surface area contributed by atoms with Crippen LogP contribution in [0.5, 0.6) is 11.5 Å². The van der Waals surface area contributed by atoms with Crippen molar-refractivity contribution in [2.45, 2.75) is 25.4 Å². The van der Waals surface area contributed by atoms with Gasteiger partial charge in [0, 0.05) is 28.1 Å². The number of halogens is 3. The Bertz CT molecular complexity index is 640. The second-order valence-corrected chi connectivity index (χ2v) is 6.44. The molecule has 21 heavy (non-hydrogen) atoms. The molecule has 0 saturated heterocycles. The summed E-state index contributed by atoms with van der Waals surface area (Å²) in [5.41, 5.74) is 1.04. The van der Waals surface area contributed by atoms with Gasteiger partial charge in [0.1, 0.15) is 17.3 Å². The first kappa shape index (κ1) is 14.8. The fourth-order valence-electron chi connectivity index (χ4n) is 2.00. The van der Waals surface area contributed by atoms with Crippen LogP contribution < -0.4 is 10.1 Å². The van der Waals surface area contributed by atoms with Gasteiger partial charge in [0.25, 0.3) is 0 Å². The highest BCUT2D eigenvalue weighted by atomic mass is 79.9. The Morgan fingerprint density at radius 2 is 2.00 bits per heavy atom. The maximum absolute atomic E-state index is 13.3. The van der Waals surface area contributed by atoms with Crippen LogP contribution in [0.4, 0.5) is 4.39 Å². The maximum atomic E-state index is 13.3. The minimum atomic E-state index is -0.351. The van der Waals surface area contributed by atoms with Crippen LogP contribution in [-0.2, 0) is 6.54 Å². The highest BCUT2D eigenvalue weighted by Gasteiger charge is 2.20. The van der Waals surface area contributed by atoms with Gasteiger partial charge in [-0.1, -0.05) is 33.6 Å². The SMILES string of the molecule is Fc1cc(Br)cc(Oc2ccc(CNC3CC3)c(Cl)c2)c1. The van der Waals surface area contributed by atoms with E-state index in [0.29, 0.717) is 27.0 Å². The molecule has 0 heterocycles. The number of hydrogen-bond donors (Lipinski definition) is 1. The lowest BCUT2D eigenvalue weighted by atomic mass is 10.2. The minimum absolute atomic E-state index is 0.351. The van der Waals surface area contributed by atoms with Gasteiger partial charge in [-0.05, 0) is 42.7 Å². The third kappa shape index (κ3) is 4.19. The molecule has 0 radical (unpaired) electrons. The summed E-state index contributed by atoms with van der Waals surface area (Å²) in [7, 11) is 0. The van der Waals surface area contributed by atoms with Crippen LogP contribution >= 0.6 is 27.5 Å². The number of benzene rings is 2. The van der Waals surface area contributed by atoms with Crippen LogP contribution in [0.25, 0.3) is 0 Å². The summed E-state index contributed by atoms with van der Waals surface area (Å²) in [6, 6.07) is 10.6. The zero-order valence-corrected chi connectivity index (χ0v) is 13.5. The van der Waals surface area contributed by atoms with Gasteiger partial charge < -0.3 is 10.1 Å². The second kappa shape index (κ2) is 6.34. The van der Waals surface area contributed by atoms with E-state index in [1.807, 2.05) is 12.1 Å². The molecule has 1 N–H and O–H groups in total. The summed E-state index contributed by atoms with van der Waals surface area (Å²) in [4.78, 5) is 0. The molecule has 2 aromatic carbocycles. The van der Waals surface area contributed by atoms with E-state index < -0.39 is 0 Å². The molecule has 0 spiro atoms. The molecule has 2 aromatic rings. The minimum Gasteiger partial charge on any atom is -0.457 e. The van der Waals surface area contributed by atoms with Crippen LogP contribution in [0.2, 0.25) is 5.02 Å². The van der Waals surface area contributed by atoms with E-state index in [4.69, 9.17) is 16.3 Å². The van der Waals surface area contributed by atoms with Crippen molar-refractivity contribution in [2.75, 3.05) is 0 Å². The smallest absolute Gasteiger partial charge is 0.131 e. The van der Waals surface area contributed by atoms with Crippen molar-refractivity contribution >= 4 is 27.5 Å². The summed E-state index contributed by atoms with van der Waals surface area (Å²) in [5, 5.41) is 4.07. The lowest BCUT2D eigenvalue weighted by Gasteiger charge is -2.10. The Morgan fingerprint density at radius 1 is 1.19 bits per heavy atom. The first-order chi connectivity index (χ1) is 10.1. The zero-order valence-electron chi connectivity index (χ0n) is 11.2. The number of rotatable bonds is 5. The van der Waals surface area contributed by atoms with Crippen molar-refractivity contribution < 1.29 is 9.13 Å². The average molecular weight is 371 g/mol. The third-order valence-electron chi connectivity index (χ3n) is 3.25. The molecule has 1 aliphatic rings.